The quantitative estimate of drug-likeness (QED) is 0.829. The summed E-state index contributed by atoms with van der Waals surface area (Å²) in [7, 11) is 0. The molecule has 1 aromatic carbocycles. The van der Waals surface area contributed by atoms with Gasteiger partial charge >= 0.3 is 0 Å². The van der Waals surface area contributed by atoms with Crippen LogP contribution in [0.25, 0.3) is 0 Å². The van der Waals surface area contributed by atoms with Gasteiger partial charge in [-0.05, 0) is 45.4 Å². The van der Waals surface area contributed by atoms with E-state index in [9.17, 15) is 9.50 Å². The van der Waals surface area contributed by atoms with Gasteiger partial charge in [0.25, 0.3) is 0 Å². The van der Waals surface area contributed by atoms with Crippen molar-refractivity contribution in [1.29, 1.82) is 0 Å². The summed E-state index contributed by atoms with van der Waals surface area (Å²) in [6, 6.07) is 5.87. The molecule has 0 radical (unpaired) electrons. The molecule has 0 bridgehead atoms. The van der Waals surface area contributed by atoms with Crippen molar-refractivity contribution in [1.82, 2.24) is 5.32 Å². The van der Waals surface area contributed by atoms with E-state index in [4.69, 9.17) is 0 Å². The lowest BCUT2D eigenvalue weighted by Gasteiger charge is -2.29. The molecule has 0 saturated carbocycles. The smallest absolute Gasteiger partial charge is 0.123 e. The molecule has 1 rings (SSSR count). The van der Waals surface area contributed by atoms with Crippen LogP contribution in [-0.4, -0.2) is 16.7 Å². The molecule has 2 unspecified atom stereocenters. The maximum absolute atomic E-state index is 12.7. The normalized spacial score (nSPS) is 15.9. The number of aliphatic hydroxyl groups is 1. The van der Waals surface area contributed by atoms with Crippen LogP contribution >= 0.6 is 0 Å². The summed E-state index contributed by atoms with van der Waals surface area (Å²) in [6.07, 6.45) is -0.625. The zero-order valence-corrected chi connectivity index (χ0v) is 10.3. The first-order valence-corrected chi connectivity index (χ1v) is 5.51. The second-order valence-electron chi connectivity index (χ2n) is 5.18. The summed E-state index contributed by atoms with van der Waals surface area (Å²) in [5.41, 5.74) is 0.672. The molecular formula is C13H20FNO. The van der Waals surface area contributed by atoms with Gasteiger partial charge in [0.15, 0.2) is 0 Å². The summed E-state index contributed by atoms with van der Waals surface area (Å²) >= 11 is 0. The number of hydrogen-bond acceptors (Lipinski definition) is 2. The fourth-order valence-electron chi connectivity index (χ4n) is 1.71. The van der Waals surface area contributed by atoms with Crippen molar-refractivity contribution in [3.05, 3.63) is 35.6 Å². The van der Waals surface area contributed by atoms with Gasteiger partial charge in [0.1, 0.15) is 5.82 Å². The molecule has 0 aliphatic carbocycles. The van der Waals surface area contributed by atoms with Crippen LogP contribution in [0.2, 0.25) is 0 Å². The summed E-state index contributed by atoms with van der Waals surface area (Å²) < 4.78 is 12.7. The van der Waals surface area contributed by atoms with Crippen molar-refractivity contribution in [3.8, 4) is 0 Å². The molecule has 0 aliphatic rings. The van der Waals surface area contributed by atoms with E-state index < -0.39 is 6.10 Å². The van der Waals surface area contributed by atoms with E-state index in [0.29, 0.717) is 0 Å². The molecule has 0 aliphatic heterocycles. The molecule has 0 amide bonds. The molecule has 16 heavy (non-hydrogen) atoms. The van der Waals surface area contributed by atoms with E-state index in [1.807, 2.05) is 27.7 Å². The van der Waals surface area contributed by atoms with Gasteiger partial charge < -0.3 is 10.4 Å². The monoisotopic (exact) mass is 225 g/mol. The van der Waals surface area contributed by atoms with E-state index in [2.05, 4.69) is 5.32 Å². The molecule has 2 N–H and O–H groups in total. The second kappa shape index (κ2) is 4.93. The van der Waals surface area contributed by atoms with Crippen LogP contribution in [0, 0.1) is 5.82 Å². The summed E-state index contributed by atoms with van der Waals surface area (Å²) in [5, 5.41) is 13.3. The highest BCUT2D eigenvalue weighted by Crippen LogP contribution is 2.18. The number of aliphatic hydroxyl groups excluding tert-OH is 1. The molecule has 2 nitrogen and oxygen atoms in total. The van der Waals surface area contributed by atoms with Crippen LogP contribution in [0.4, 0.5) is 4.39 Å². The van der Waals surface area contributed by atoms with Gasteiger partial charge in [-0.25, -0.2) is 4.39 Å². The lowest BCUT2D eigenvalue weighted by atomic mass is 10.00. The maximum atomic E-state index is 12.7. The lowest BCUT2D eigenvalue weighted by molar-refractivity contribution is 0.121. The zero-order valence-electron chi connectivity index (χ0n) is 10.3. The van der Waals surface area contributed by atoms with Crippen LogP contribution in [0.15, 0.2) is 24.3 Å². The third-order valence-corrected chi connectivity index (χ3v) is 2.35. The van der Waals surface area contributed by atoms with Gasteiger partial charge in [-0.3, -0.25) is 0 Å². The molecule has 0 aromatic heterocycles. The van der Waals surface area contributed by atoms with Crippen molar-refractivity contribution in [2.75, 3.05) is 0 Å². The van der Waals surface area contributed by atoms with Crippen molar-refractivity contribution >= 4 is 0 Å². The van der Waals surface area contributed by atoms with Gasteiger partial charge in [0, 0.05) is 11.6 Å². The highest BCUT2D eigenvalue weighted by molar-refractivity contribution is 5.19. The Kier molecular flexibility index (Phi) is 4.05. The molecule has 3 heteroatoms. The highest BCUT2D eigenvalue weighted by atomic mass is 19.1. The topological polar surface area (TPSA) is 32.3 Å². The molecule has 90 valence electrons. The van der Waals surface area contributed by atoms with Crippen LogP contribution in [0.1, 0.15) is 39.4 Å². The minimum absolute atomic E-state index is 0.0551. The molecule has 1 aromatic rings. The molecule has 0 fully saturated rings. The van der Waals surface area contributed by atoms with Gasteiger partial charge in [-0.15, -0.1) is 0 Å². The molecule has 2 atom stereocenters. The van der Waals surface area contributed by atoms with Gasteiger partial charge in [0.2, 0.25) is 0 Å². The fraction of sp³-hybridized carbons (Fsp3) is 0.538. The molecule has 0 spiro atoms. The predicted molar refractivity (Wildman–Crippen MR) is 63.7 cm³/mol. The Labute approximate surface area is 96.5 Å². The van der Waals surface area contributed by atoms with E-state index in [-0.39, 0.29) is 17.4 Å². The minimum atomic E-state index is -0.625. The fourth-order valence-corrected chi connectivity index (χ4v) is 1.71. The average molecular weight is 225 g/mol. The van der Waals surface area contributed by atoms with E-state index in [1.165, 1.54) is 12.1 Å². The first-order chi connectivity index (χ1) is 7.29. The Bertz CT molecular complexity index is 329. The van der Waals surface area contributed by atoms with Gasteiger partial charge in [-0.1, -0.05) is 12.1 Å². The van der Waals surface area contributed by atoms with Crippen LogP contribution in [-0.2, 0) is 0 Å². The van der Waals surface area contributed by atoms with E-state index in [0.717, 1.165) is 5.56 Å². The number of benzene rings is 1. The first-order valence-electron chi connectivity index (χ1n) is 5.51. The summed E-state index contributed by atoms with van der Waals surface area (Å²) in [5.74, 6) is -0.285. The van der Waals surface area contributed by atoms with Gasteiger partial charge in [0.05, 0.1) is 6.10 Å². The Hall–Kier alpha value is -0.930. The Morgan fingerprint density at radius 1 is 1.19 bits per heavy atom. The molecule has 0 saturated heterocycles. The Morgan fingerprint density at radius 3 is 2.12 bits per heavy atom. The maximum Gasteiger partial charge on any atom is 0.123 e. The summed E-state index contributed by atoms with van der Waals surface area (Å²) in [6.45, 7) is 8.04. The molecule has 0 heterocycles. The van der Waals surface area contributed by atoms with Crippen molar-refractivity contribution < 1.29 is 9.50 Å². The number of hydrogen-bond donors (Lipinski definition) is 2. The van der Waals surface area contributed by atoms with Gasteiger partial charge in [-0.2, -0.15) is 0 Å². The van der Waals surface area contributed by atoms with Crippen LogP contribution in [0.3, 0.4) is 0 Å². The largest absolute Gasteiger partial charge is 0.387 e. The predicted octanol–water partition coefficient (Wildman–Crippen LogP) is 2.64. The first kappa shape index (κ1) is 13.1. The zero-order chi connectivity index (χ0) is 12.3. The van der Waals surface area contributed by atoms with Crippen LogP contribution in [0.5, 0.6) is 0 Å². The SMILES string of the molecule is CC(NC(C)(C)C)C(O)c1ccc(F)cc1. The van der Waals surface area contributed by atoms with Crippen molar-refractivity contribution in [2.45, 2.75) is 45.4 Å². The minimum Gasteiger partial charge on any atom is -0.387 e. The number of rotatable bonds is 3. The number of nitrogens with one attached hydrogen (secondary N) is 1. The van der Waals surface area contributed by atoms with Crippen molar-refractivity contribution in [3.63, 3.8) is 0 Å². The number of halogens is 1. The summed E-state index contributed by atoms with van der Waals surface area (Å²) in [4.78, 5) is 0. The Morgan fingerprint density at radius 2 is 1.69 bits per heavy atom. The average Bonchev–Trinajstić information content (AvgIpc) is 2.15. The Balaban J connectivity index is 2.70. The van der Waals surface area contributed by atoms with E-state index >= 15 is 0 Å². The van der Waals surface area contributed by atoms with Crippen LogP contribution < -0.4 is 5.32 Å². The van der Waals surface area contributed by atoms with E-state index in [1.54, 1.807) is 12.1 Å². The highest BCUT2D eigenvalue weighted by Gasteiger charge is 2.21. The second-order valence-corrected chi connectivity index (χ2v) is 5.18. The third-order valence-electron chi connectivity index (χ3n) is 2.35. The van der Waals surface area contributed by atoms with Crippen molar-refractivity contribution in [2.24, 2.45) is 0 Å². The lowest BCUT2D eigenvalue weighted by Crippen LogP contribution is -2.44. The molecular weight excluding hydrogens is 205 g/mol. The third kappa shape index (κ3) is 3.91. The standard InChI is InChI=1S/C13H20FNO/c1-9(15-13(2,3)4)12(16)10-5-7-11(14)8-6-10/h5-9,12,15-16H,1-4H3.